The Hall–Kier alpha value is -1.78. The molecule has 0 radical (unpaired) electrons. The molecule has 1 aromatic heterocycles. The van der Waals surface area contributed by atoms with Crippen molar-refractivity contribution < 1.29 is 14.5 Å². The Bertz CT molecular complexity index is 526. The van der Waals surface area contributed by atoms with Gasteiger partial charge in [0, 0.05) is 10.6 Å². The predicted molar refractivity (Wildman–Crippen MR) is 72.5 cm³/mol. The summed E-state index contributed by atoms with van der Waals surface area (Å²) in [5, 5.41) is 5.44. The first-order chi connectivity index (χ1) is 9.25. The lowest BCUT2D eigenvalue weighted by molar-refractivity contribution is -0.660. The van der Waals surface area contributed by atoms with Crippen molar-refractivity contribution in [1.82, 2.24) is 5.32 Å². The van der Waals surface area contributed by atoms with E-state index >= 15 is 0 Å². The SMILES string of the molecule is O=C(C[NH2+]Cc1ccccc1Cl)NCc1ccco1. The van der Waals surface area contributed by atoms with E-state index in [1.165, 1.54) is 0 Å². The van der Waals surface area contributed by atoms with Crippen LogP contribution >= 0.6 is 11.6 Å². The minimum Gasteiger partial charge on any atom is -0.467 e. The summed E-state index contributed by atoms with van der Waals surface area (Å²) in [6.07, 6.45) is 1.59. The average molecular weight is 280 g/mol. The van der Waals surface area contributed by atoms with Crippen molar-refractivity contribution in [3.8, 4) is 0 Å². The fourth-order valence-electron chi connectivity index (χ4n) is 1.69. The van der Waals surface area contributed by atoms with Gasteiger partial charge in [-0.25, -0.2) is 0 Å². The summed E-state index contributed by atoms with van der Waals surface area (Å²) < 4.78 is 5.13. The third-order valence-electron chi connectivity index (χ3n) is 2.69. The second-order valence-electron chi connectivity index (χ2n) is 4.14. The van der Waals surface area contributed by atoms with Gasteiger partial charge in [-0.1, -0.05) is 29.8 Å². The van der Waals surface area contributed by atoms with E-state index in [2.05, 4.69) is 5.32 Å². The Morgan fingerprint density at radius 2 is 2.11 bits per heavy atom. The number of hydrogen-bond donors (Lipinski definition) is 2. The largest absolute Gasteiger partial charge is 0.467 e. The summed E-state index contributed by atoms with van der Waals surface area (Å²) in [5.74, 6) is 0.725. The number of nitrogens with two attached hydrogens (primary N) is 1. The number of nitrogens with one attached hydrogen (secondary N) is 1. The van der Waals surface area contributed by atoms with Gasteiger partial charge in [-0.05, 0) is 18.2 Å². The molecular formula is C14H16ClN2O2+. The van der Waals surface area contributed by atoms with Gasteiger partial charge in [0.15, 0.2) is 6.54 Å². The van der Waals surface area contributed by atoms with E-state index in [1.807, 2.05) is 35.6 Å². The van der Waals surface area contributed by atoms with Crippen LogP contribution in [-0.2, 0) is 17.9 Å². The summed E-state index contributed by atoms with van der Waals surface area (Å²) in [6, 6.07) is 11.3. The van der Waals surface area contributed by atoms with Gasteiger partial charge in [0.25, 0.3) is 5.91 Å². The molecule has 100 valence electrons. The van der Waals surface area contributed by atoms with Crippen LogP contribution in [0.25, 0.3) is 0 Å². The first-order valence-corrected chi connectivity index (χ1v) is 6.47. The summed E-state index contributed by atoms with van der Waals surface area (Å²) in [4.78, 5) is 11.6. The molecule has 5 heteroatoms. The number of carbonyl (C=O) groups excluding carboxylic acids is 1. The highest BCUT2D eigenvalue weighted by Gasteiger charge is 2.06. The van der Waals surface area contributed by atoms with Gasteiger partial charge < -0.3 is 15.1 Å². The van der Waals surface area contributed by atoms with Crippen LogP contribution in [0.1, 0.15) is 11.3 Å². The van der Waals surface area contributed by atoms with E-state index in [4.69, 9.17) is 16.0 Å². The standard InChI is InChI=1S/C14H15ClN2O2/c15-13-6-2-1-4-11(13)8-16-10-14(18)17-9-12-5-3-7-19-12/h1-7,16H,8-10H2,(H,17,18)/p+1. The summed E-state index contributed by atoms with van der Waals surface area (Å²) in [6.45, 7) is 1.48. The molecule has 0 aliphatic heterocycles. The van der Waals surface area contributed by atoms with Crippen LogP contribution in [0.5, 0.6) is 0 Å². The molecule has 0 spiro atoms. The van der Waals surface area contributed by atoms with E-state index in [-0.39, 0.29) is 5.91 Å². The summed E-state index contributed by atoms with van der Waals surface area (Å²) >= 11 is 6.04. The fraction of sp³-hybridized carbons (Fsp3) is 0.214. The zero-order valence-corrected chi connectivity index (χ0v) is 11.2. The average Bonchev–Trinajstić information content (AvgIpc) is 2.92. The lowest BCUT2D eigenvalue weighted by Gasteiger charge is -2.04. The van der Waals surface area contributed by atoms with E-state index < -0.39 is 0 Å². The molecule has 19 heavy (non-hydrogen) atoms. The van der Waals surface area contributed by atoms with E-state index in [0.717, 1.165) is 16.3 Å². The first-order valence-electron chi connectivity index (χ1n) is 6.10. The Balaban J connectivity index is 1.68. The monoisotopic (exact) mass is 279 g/mol. The van der Waals surface area contributed by atoms with Crippen molar-refractivity contribution in [3.05, 3.63) is 59.0 Å². The zero-order chi connectivity index (χ0) is 13.5. The lowest BCUT2D eigenvalue weighted by Crippen LogP contribution is -2.85. The van der Waals surface area contributed by atoms with Gasteiger partial charge in [0.05, 0.1) is 12.8 Å². The molecule has 4 nitrogen and oxygen atoms in total. The van der Waals surface area contributed by atoms with Crippen LogP contribution in [0.15, 0.2) is 47.1 Å². The Labute approximate surface area is 116 Å². The van der Waals surface area contributed by atoms with E-state index in [1.54, 1.807) is 12.3 Å². The molecule has 0 aliphatic rings. The van der Waals surface area contributed by atoms with Crippen LogP contribution in [0, 0.1) is 0 Å². The van der Waals surface area contributed by atoms with Crippen molar-refractivity contribution in [3.63, 3.8) is 0 Å². The van der Waals surface area contributed by atoms with Crippen LogP contribution in [0.4, 0.5) is 0 Å². The number of benzene rings is 1. The van der Waals surface area contributed by atoms with E-state index in [0.29, 0.717) is 19.6 Å². The lowest BCUT2D eigenvalue weighted by atomic mass is 10.2. The molecule has 0 bridgehead atoms. The second-order valence-corrected chi connectivity index (χ2v) is 4.55. The van der Waals surface area contributed by atoms with Gasteiger partial charge in [-0.15, -0.1) is 0 Å². The van der Waals surface area contributed by atoms with Crippen molar-refractivity contribution in [2.45, 2.75) is 13.1 Å². The van der Waals surface area contributed by atoms with Crippen LogP contribution < -0.4 is 10.6 Å². The predicted octanol–water partition coefficient (Wildman–Crippen LogP) is 1.31. The van der Waals surface area contributed by atoms with Gasteiger partial charge >= 0.3 is 0 Å². The summed E-state index contributed by atoms with van der Waals surface area (Å²) in [5.41, 5.74) is 1.03. The quantitative estimate of drug-likeness (QED) is 0.838. The third kappa shape index (κ3) is 4.43. The zero-order valence-electron chi connectivity index (χ0n) is 10.4. The van der Waals surface area contributed by atoms with Gasteiger partial charge in [0.2, 0.25) is 0 Å². The fourth-order valence-corrected chi connectivity index (χ4v) is 1.91. The molecule has 0 atom stereocenters. The van der Waals surface area contributed by atoms with E-state index in [9.17, 15) is 4.79 Å². The number of hydrogen-bond acceptors (Lipinski definition) is 2. The molecule has 1 aromatic carbocycles. The minimum absolute atomic E-state index is 0.0246. The topological polar surface area (TPSA) is 58.9 Å². The number of halogens is 1. The molecule has 2 rings (SSSR count). The maximum atomic E-state index is 11.6. The van der Waals surface area contributed by atoms with Crippen LogP contribution in [0.3, 0.4) is 0 Å². The molecule has 0 aliphatic carbocycles. The molecule has 0 fully saturated rings. The van der Waals surface area contributed by atoms with Gasteiger partial charge in [-0.2, -0.15) is 0 Å². The number of amides is 1. The third-order valence-corrected chi connectivity index (χ3v) is 3.06. The Morgan fingerprint density at radius 1 is 1.26 bits per heavy atom. The van der Waals surface area contributed by atoms with Crippen molar-refractivity contribution >= 4 is 17.5 Å². The molecule has 0 saturated carbocycles. The number of quaternary nitrogens is 1. The maximum Gasteiger partial charge on any atom is 0.275 e. The summed E-state index contributed by atoms with van der Waals surface area (Å²) in [7, 11) is 0. The maximum absolute atomic E-state index is 11.6. The second kappa shape index (κ2) is 6.97. The Morgan fingerprint density at radius 3 is 2.84 bits per heavy atom. The van der Waals surface area contributed by atoms with Gasteiger partial charge in [0.1, 0.15) is 12.3 Å². The molecule has 1 amide bonds. The van der Waals surface area contributed by atoms with Crippen molar-refractivity contribution in [2.75, 3.05) is 6.54 Å². The normalized spacial score (nSPS) is 10.4. The highest BCUT2D eigenvalue weighted by Crippen LogP contribution is 2.12. The van der Waals surface area contributed by atoms with Crippen LogP contribution in [-0.4, -0.2) is 12.5 Å². The molecular weight excluding hydrogens is 264 g/mol. The Kier molecular flexibility index (Phi) is 5.01. The van der Waals surface area contributed by atoms with Crippen LogP contribution in [0.2, 0.25) is 5.02 Å². The smallest absolute Gasteiger partial charge is 0.275 e. The molecule has 0 saturated heterocycles. The molecule has 1 heterocycles. The highest BCUT2D eigenvalue weighted by molar-refractivity contribution is 6.31. The van der Waals surface area contributed by atoms with Crippen molar-refractivity contribution in [1.29, 1.82) is 0 Å². The number of furan rings is 1. The number of rotatable bonds is 6. The van der Waals surface area contributed by atoms with Crippen molar-refractivity contribution in [2.24, 2.45) is 0 Å². The minimum atomic E-state index is -0.0246. The first kappa shape index (κ1) is 13.6. The van der Waals surface area contributed by atoms with Gasteiger partial charge in [-0.3, -0.25) is 4.79 Å². The molecule has 0 unspecified atom stereocenters. The number of carbonyl (C=O) groups is 1. The molecule has 2 aromatic rings. The molecule has 3 N–H and O–H groups in total. The highest BCUT2D eigenvalue weighted by atomic mass is 35.5.